The highest BCUT2D eigenvalue weighted by atomic mass is 16.5. The van der Waals surface area contributed by atoms with Crippen LogP contribution in [0.4, 0.5) is 0 Å². The average molecular weight is 216 g/mol. The maximum atomic E-state index is 8.73. The molecule has 0 aliphatic carbocycles. The van der Waals surface area contributed by atoms with E-state index in [1.807, 2.05) is 12.1 Å². The normalized spacial score (nSPS) is 9.31. The van der Waals surface area contributed by atoms with Crippen LogP contribution >= 0.6 is 0 Å². The van der Waals surface area contributed by atoms with Crippen LogP contribution in [0.2, 0.25) is 0 Å². The Morgan fingerprint density at radius 1 is 1.19 bits per heavy atom. The molecule has 0 aliphatic heterocycles. The van der Waals surface area contributed by atoms with Gasteiger partial charge in [0.2, 0.25) is 0 Å². The standard InChI is InChI=1S/C12H12N2O2/c1-15-11-3-4-12(16-2)10(6-11)5-9(7-13)8-14/h3-4,6,9H,5H2,1-2H3. The van der Waals surface area contributed by atoms with Crippen molar-refractivity contribution in [3.8, 4) is 23.6 Å². The molecule has 0 amide bonds. The third-order valence-corrected chi connectivity index (χ3v) is 2.22. The maximum Gasteiger partial charge on any atom is 0.137 e. The van der Waals surface area contributed by atoms with Gasteiger partial charge in [-0.1, -0.05) is 0 Å². The number of nitriles is 2. The number of ether oxygens (including phenoxy) is 2. The fourth-order valence-electron chi connectivity index (χ4n) is 1.38. The molecule has 0 atom stereocenters. The molecule has 1 aromatic rings. The monoisotopic (exact) mass is 216 g/mol. The minimum atomic E-state index is -0.666. The van der Waals surface area contributed by atoms with Gasteiger partial charge in [-0.15, -0.1) is 0 Å². The van der Waals surface area contributed by atoms with Gasteiger partial charge in [0.05, 0.1) is 26.4 Å². The van der Waals surface area contributed by atoms with E-state index in [-0.39, 0.29) is 0 Å². The van der Waals surface area contributed by atoms with Crippen molar-refractivity contribution in [1.82, 2.24) is 0 Å². The molecule has 0 fully saturated rings. The van der Waals surface area contributed by atoms with Crippen molar-refractivity contribution in [2.75, 3.05) is 14.2 Å². The molecule has 0 aliphatic rings. The largest absolute Gasteiger partial charge is 0.497 e. The summed E-state index contributed by atoms with van der Waals surface area (Å²) in [5.41, 5.74) is 0.801. The molecule has 0 radical (unpaired) electrons. The first-order valence-corrected chi connectivity index (χ1v) is 4.75. The molecule has 0 unspecified atom stereocenters. The molecule has 16 heavy (non-hydrogen) atoms. The minimum absolute atomic E-state index is 0.341. The van der Waals surface area contributed by atoms with Gasteiger partial charge >= 0.3 is 0 Å². The summed E-state index contributed by atoms with van der Waals surface area (Å²) in [7, 11) is 3.12. The lowest BCUT2D eigenvalue weighted by Gasteiger charge is -2.10. The SMILES string of the molecule is COc1ccc(OC)c(CC(C#N)C#N)c1. The number of benzene rings is 1. The summed E-state index contributed by atoms with van der Waals surface area (Å²) >= 11 is 0. The van der Waals surface area contributed by atoms with Crippen molar-refractivity contribution < 1.29 is 9.47 Å². The van der Waals surface area contributed by atoms with Gasteiger partial charge in [0.25, 0.3) is 0 Å². The Hall–Kier alpha value is -2.20. The van der Waals surface area contributed by atoms with E-state index in [0.717, 1.165) is 5.56 Å². The topological polar surface area (TPSA) is 66.0 Å². The summed E-state index contributed by atoms with van der Waals surface area (Å²) in [4.78, 5) is 0. The molecular formula is C12H12N2O2. The lowest BCUT2D eigenvalue weighted by molar-refractivity contribution is 0.398. The summed E-state index contributed by atoms with van der Waals surface area (Å²) in [6.45, 7) is 0. The van der Waals surface area contributed by atoms with Gasteiger partial charge in [0, 0.05) is 12.0 Å². The molecule has 82 valence electrons. The number of rotatable bonds is 4. The van der Waals surface area contributed by atoms with Crippen molar-refractivity contribution in [3.05, 3.63) is 23.8 Å². The Morgan fingerprint density at radius 3 is 2.38 bits per heavy atom. The van der Waals surface area contributed by atoms with E-state index < -0.39 is 5.92 Å². The molecule has 0 aromatic heterocycles. The van der Waals surface area contributed by atoms with E-state index in [4.69, 9.17) is 20.0 Å². The summed E-state index contributed by atoms with van der Waals surface area (Å²) in [5.74, 6) is 0.683. The van der Waals surface area contributed by atoms with Crippen molar-refractivity contribution in [1.29, 1.82) is 10.5 Å². The quantitative estimate of drug-likeness (QED) is 0.771. The van der Waals surface area contributed by atoms with Crippen LogP contribution in [0.25, 0.3) is 0 Å². The summed E-state index contributed by atoms with van der Waals surface area (Å²) < 4.78 is 10.2. The van der Waals surface area contributed by atoms with Gasteiger partial charge in [-0.05, 0) is 18.2 Å². The van der Waals surface area contributed by atoms with Crippen LogP contribution in [0.15, 0.2) is 18.2 Å². The van der Waals surface area contributed by atoms with Gasteiger partial charge in [0.15, 0.2) is 0 Å². The van der Waals surface area contributed by atoms with Gasteiger partial charge < -0.3 is 9.47 Å². The van der Waals surface area contributed by atoms with Crippen LogP contribution in [-0.4, -0.2) is 14.2 Å². The molecule has 4 heteroatoms. The predicted octanol–water partition coefficient (Wildman–Crippen LogP) is 1.91. The first-order valence-electron chi connectivity index (χ1n) is 4.75. The number of nitrogens with zero attached hydrogens (tertiary/aromatic N) is 2. The first kappa shape index (κ1) is 11.9. The minimum Gasteiger partial charge on any atom is -0.497 e. The van der Waals surface area contributed by atoms with Crippen LogP contribution in [0, 0.1) is 28.6 Å². The van der Waals surface area contributed by atoms with Crippen molar-refractivity contribution in [3.63, 3.8) is 0 Å². The third kappa shape index (κ3) is 2.65. The van der Waals surface area contributed by atoms with Crippen LogP contribution in [-0.2, 0) is 6.42 Å². The lowest BCUT2D eigenvalue weighted by Crippen LogP contribution is -2.01. The van der Waals surface area contributed by atoms with Gasteiger partial charge in [0.1, 0.15) is 17.4 Å². The summed E-state index contributed by atoms with van der Waals surface area (Å²) in [6.07, 6.45) is 0.341. The highest BCUT2D eigenvalue weighted by molar-refractivity contribution is 5.41. The molecule has 0 saturated carbocycles. The average Bonchev–Trinajstić information content (AvgIpc) is 2.35. The number of hydrogen-bond acceptors (Lipinski definition) is 4. The highest BCUT2D eigenvalue weighted by Gasteiger charge is 2.12. The van der Waals surface area contributed by atoms with Gasteiger partial charge in [-0.3, -0.25) is 0 Å². The van der Waals surface area contributed by atoms with Crippen molar-refractivity contribution in [2.45, 2.75) is 6.42 Å². The van der Waals surface area contributed by atoms with Gasteiger partial charge in [-0.25, -0.2) is 0 Å². The zero-order valence-corrected chi connectivity index (χ0v) is 9.23. The van der Waals surface area contributed by atoms with Gasteiger partial charge in [-0.2, -0.15) is 10.5 Å². The molecule has 0 bridgehead atoms. The molecule has 0 spiro atoms. The van der Waals surface area contributed by atoms with E-state index in [1.54, 1.807) is 32.4 Å². The Labute approximate surface area is 94.6 Å². The Morgan fingerprint density at radius 2 is 1.88 bits per heavy atom. The van der Waals surface area contributed by atoms with Crippen LogP contribution in [0.3, 0.4) is 0 Å². The summed E-state index contributed by atoms with van der Waals surface area (Å²) in [5, 5.41) is 17.5. The molecule has 1 aromatic carbocycles. The zero-order valence-electron chi connectivity index (χ0n) is 9.23. The molecular weight excluding hydrogens is 204 g/mol. The molecule has 1 rings (SSSR count). The van der Waals surface area contributed by atoms with Crippen LogP contribution in [0.5, 0.6) is 11.5 Å². The molecule has 0 saturated heterocycles. The first-order chi connectivity index (χ1) is 7.74. The smallest absolute Gasteiger partial charge is 0.137 e. The Kier molecular flexibility index (Phi) is 4.17. The van der Waals surface area contributed by atoms with Crippen LogP contribution in [0.1, 0.15) is 5.56 Å². The lowest BCUT2D eigenvalue weighted by atomic mass is 10.0. The molecule has 4 nitrogen and oxygen atoms in total. The highest BCUT2D eigenvalue weighted by Crippen LogP contribution is 2.26. The molecule has 0 N–H and O–H groups in total. The second-order valence-electron chi connectivity index (χ2n) is 3.19. The van der Waals surface area contributed by atoms with E-state index >= 15 is 0 Å². The predicted molar refractivity (Wildman–Crippen MR) is 58.0 cm³/mol. The Bertz CT molecular complexity index is 429. The second-order valence-corrected chi connectivity index (χ2v) is 3.19. The zero-order chi connectivity index (χ0) is 12.0. The maximum absolute atomic E-state index is 8.73. The van der Waals surface area contributed by atoms with E-state index in [9.17, 15) is 0 Å². The van der Waals surface area contributed by atoms with E-state index in [0.29, 0.717) is 17.9 Å². The number of methoxy groups -OCH3 is 2. The molecule has 0 heterocycles. The van der Waals surface area contributed by atoms with Crippen molar-refractivity contribution in [2.24, 2.45) is 5.92 Å². The third-order valence-electron chi connectivity index (χ3n) is 2.22. The van der Waals surface area contributed by atoms with Crippen LogP contribution < -0.4 is 9.47 Å². The second kappa shape index (κ2) is 5.63. The van der Waals surface area contributed by atoms with E-state index in [1.165, 1.54) is 0 Å². The number of hydrogen-bond donors (Lipinski definition) is 0. The van der Waals surface area contributed by atoms with Crippen molar-refractivity contribution >= 4 is 0 Å². The Balaban J connectivity index is 3.01. The fraction of sp³-hybridized carbons (Fsp3) is 0.333. The fourth-order valence-corrected chi connectivity index (χ4v) is 1.38. The summed E-state index contributed by atoms with van der Waals surface area (Å²) in [6, 6.07) is 9.18. The van der Waals surface area contributed by atoms with E-state index in [2.05, 4.69) is 0 Å².